The third-order valence-corrected chi connectivity index (χ3v) is 7.38. The lowest BCUT2D eigenvalue weighted by Crippen LogP contribution is -2.43. The van der Waals surface area contributed by atoms with Crippen LogP contribution in [0.15, 0.2) is 23.1 Å². The van der Waals surface area contributed by atoms with Gasteiger partial charge < -0.3 is 4.90 Å². The van der Waals surface area contributed by atoms with Gasteiger partial charge in [0.25, 0.3) is 5.91 Å². The lowest BCUT2D eigenvalue weighted by molar-refractivity contribution is 0.0613. The second-order valence-electron chi connectivity index (χ2n) is 7.17. The molecular formula is C18H25ClN2O3S. The molecule has 2 fully saturated rings. The second kappa shape index (κ2) is 7.25. The van der Waals surface area contributed by atoms with Crippen molar-refractivity contribution in [3.8, 4) is 0 Å². The number of benzene rings is 1. The molecule has 0 unspecified atom stereocenters. The molecule has 25 heavy (non-hydrogen) atoms. The Morgan fingerprint density at radius 3 is 2.20 bits per heavy atom. The molecule has 1 aromatic carbocycles. The fourth-order valence-corrected chi connectivity index (χ4v) is 4.92. The number of sulfonamides is 1. The van der Waals surface area contributed by atoms with Crippen LogP contribution < -0.4 is 0 Å². The highest BCUT2D eigenvalue weighted by atomic mass is 35.5. The molecule has 0 bridgehead atoms. The summed E-state index contributed by atoms with van der Waals surface area (Å²) in [7, 11) is -0.774. The summed E-state index contributed by atoms with van der Waals surface area (Å²) in [6, 6.07) is 5.16. The maximum atomic E-state index is 13.2. The van der Waals surface area contributed by atoms with Gasteiger partial charge in [0.15, 0.2) is 0 Å². The minimum Gasteiger partial charge on any atom is -0.333 e. The number of nitrogens with zero attached hydrogens (tertiary/aromatic N) is 2. The van der Waals surface area contributed by atoms with E-state index >= 15 is 0 Å². The molecule has 0 saturated heterocycles. The van der Waals surface area contributed by atoms with Crippen LogP contribution in [0, 0.1) is 0 Å². The number of amides is 1. The number of rotatable bonds is 5. The number of hydrogen-bond donors (Lipinski definition) is 0. The average Bonchev–Trinajstić information content (AvgIpc) is 3.41. The van der Waals surface area contributed by atoms with Crippen LogP contribution in [0.5, 0.6) is 0 Å². The summed E-state index contributed by atoms with van der Waals surface area (Å²) >= 11 is 6.10. The molecule has 0 atom stereocenters. The number of hydrogen-bond acceptors (Lipinski definition) is 3. The van der Waals surface area contributed by atoms with Gasteiger partial charge in [0, 0.05) is 31.7 Å². The van der Waals surface area contributed by atoms with E-state index in [0.717, 1.165) is 42.8 Å². The maximum Gasteiger partial charge on any atom is 0.254 e. The van der Waals surface area contributed by atoms with Crippen LogP contribution in [0.3, 0.4) is 0 Å². The molecule has 2 aliphatic carbocycles. The highest BCUT2D eigenvalue weighted by Crippen LogP contribution is 2.35. The molecule has 0 radical (unpaired) electrons. The maximum absolute atomic E-state index is 13.2. The van der Waals surface area contributed by atoms with Crippen LogP contribution in [-0.2, 0) is 10.0 Å². The van der Waals surface area contributed by atoms with Gasteiger partial charge in [-0.2, -0.15) is 0 Å². The molecule has 5 nitrogen and oxygen atoms in total. The smallest absolute Gasteiger partial charge is 0.254 e. The lowest BCUT2D eigenvalue weighted by atomic mass is 9.93. The fraction of sp³-hybridized carbons (Fsp3) is 0.611. The molecule has 1 aromatic rings. The van der Waals surface area contributed by atoms with E-state index in [0.29, 0.717) is 11.6 Å². The summed E-state index contributed by atoms with van der Waals surface area (Å²) in [6.07, 6.45) is 7.70. The Balaban J connectivity index is 1.93. The number of halogens is 1. The molecule has 7 heteroatoms. The van der Waals surface area contributed by atoms with Crippen LogP contribution in [-0.4, -0.2) is 49.7 Å². The van der Waals surface area contributed by atoms with Gasteiger partial charge in [0.2, 0.25) is 10.0 Å². The van der Waals surface area contributed by atoms with Crippen molar-refractivity contribution in [1.29, 1.82) is 0 Å². The fourth-order valence-electron chi connectivity index (χ4n) is 3.52. The van der Waals surface area contributed by atoms with E-state index in [9.17, 15) is 13.2 Å². The molecule has 1 amide bonds. The Morgan fingerprint density at radius 2 is 1.64 bits per heavy atom. The minimum absolute atomic E-state index is 0.00981. The molecule has 138 valence electrons. The summed E-state index contributed by atoms with van der Waals surface area (Å²) in [5.74, 6) is -0.0683. The van der Waals surface area contributed by atoms with Gasteiger partial charge in [-0.25, -0.2) is 12.7 Å². The van der Waals surface area contributed by atoms with Gasteiger partial charge in [0.05, 0.1) is 5.02 Å². The highest BCUT2D eigenvalue weighted by molar-refractivity contribution is 7.89. The first-order valence-corrected chi connectivity index (χ1v) is 10.7. The van der Waals surface area contributed by atoms with Crippen molar-refractivity contribution >= 4 is 27.5 Å². The largest absolute Gasteiger partial charge is 0.333 e. The van der Waals surface area contributed by atoms with E-state index in [1.807, 2.05) is 4.90 Å². The van der Waals surface area contributed by atoms with Crippen LogP contribution in [0.25, 0.3) is 0 Å². The zero-order valence-electron chi connectivity index (χ0n) is 14.7. The van der Waals surface area contributed by atoms with Crippen molar-refractivity contribution in [1.82, 2.24) is 9.21 Å². The minimum atomic E-state index is -3.69. The molecule has 0 aromatic heterocycles. The van der Waals surface area contributed by atoms with E-state index in [-0.39, 0.29) is 21.9 Å². The average molecular weight is 385 g/mol. The van der Waals surface area contributed by atoms with Crippen molar-refractivity contribution in [2.24, 2.45) is 0 Å². The van der Waals surface area contributed by atoms with Crippen LogP contribution in [0.2, 0.25) is 5.02 Å². The zero-order valence-corrected chi connectivity index (χ0v) is 16.3. The molecule has 0 spiro atoms. The molecule has 0 N–H and O–H groups in total. The van der Waals surface area contributed by atoms with Crippen molar-refractivity contribution in [3.63, 3.8) is 0 Å². The summed E-state index contributed by atoms with van der Waals surface area (Å²) in [6.45, 7) is 0. The summed E-state index contributed by atoms with van der Waals surface area (Å²) in [5.41, 5.74) is 0.405. The molecule has 0 heterocycles. The monoisotopic (exact) mass is 384 g/mol. The third-order valence-electron chi connectivity index (χ3n) is 5.08. The predicted octanol–water partition coefficient (Wildman–Crippen LogP) is 3.53. The van der Waals surface area contributed by atoms with Gasteiger partial charge in [-0.3, -0.25) is 4.79 Å². The van der Waals surface area contributed by atoms with Gasteiger partial charge in [-0.1, -0.05) is 30.9 Å². The SMILES string of the molecule is CN(C)S(=O)(=O)c1cc(C(=O)N(C2CCCCC2)C2CC2)ccc1Cl. The summed E-state index contributed by atoms with van der Waals surface area (Å²) in [4.78, 5) is 15.2. The lowest BCUT2D eigenvalue weighted by Gasteiger charge is -2.35. The molecular weight excluding hydrogens is 360 g/mol. The first kappa shape index (κ1) is 18.7. The van der Waals surface area contributed by atoms with Gasteiger partial charge in [-0.15, -0.1) is 0 Å². The quantitative estimate of drug-likeness (QED) is 0.780. The Bertz CT molecular complexity index is 754. The van der Waals surface area contributed by atoms with Crippen molar-refractivity contribution < 1.29 is 13.2 Å². The van der Waals surface area contributed by atoms with Crippen LogP contribution in [0.4, 0.5) is 0 Å². The molecule has 2 saturated carbocycles. The first-order valence-electron chi connectivity index (χ1n) is 8.87. The van der Waals surface area contributed by atoms with Crippen LogP contribution >= 0.6 is 11.6 Å². The van der Waals surface area contributed by atoms with Gasteiger partial charge in [0.1, 0.15) is 4.90 Å². The van der Waals surface area contributed by atoms with E-state index in [1.54, 1.807) is 6.07 Å². The number of carbonyl (C=O) groups is 1. The molecule has 2 aliphatic rings. The van der Waals surface area contributed by atoms with E-state index in [1.165, 1.54) is 32.6 Å². The molecule has 0 aliphatic heterocycles. The normalized spacial score (nSPS) is 19.2. The van der Waals surface area contributed by atoms with Crippen molar-refractivity contribution in [2.75, 3.05) is 14.1 Å². The zero-order chi connectivity index (χ0) is 18.2. The first-order chi connectivity index (χ1) is 11.8. The standard InChI is InChI=1S/C18H25ClN2O3S/c1-20(2)25(23,24)17-12-13(8-11-16(17)19)18(22)21(15-9-10-15)14-6-4-3-5-7-14/h8,11-12,14-15H,3-7,9-10H2,1-2H3. The Labute approximate surface area is 155 Å². The van der Waals surface area contributed by atoms with Gasteiger partial charge in [-0.05, 0) is 43.9 Å². The Morgan fingerprint density at radius 1 is 1.04 bits per heavy atom. The highest BCUT2D eigenvalue weighted by Gasteiger charge is 2.38. The predicted molar refractivity (Wildman–Crippen MR) is 98.4 cm³/mol. The molecule has 3 rings (SSSR count). The third kappa shape index (κ3) is 3.86. The number of carbonyl (C=O) groups excluding carboxylic acids is 1. The summed E-state index contributed by atoms with van der Waals surface area (Å²) in [5, 5.41) is 0.140. The van der Waals surface area contributed by atoms with E-state index in [4.69, 9.17) is 11.6 Å². The topological polar surface area (TPSA) is 57.7 Å². The van der Waals surface area contributed by atoms with Crippen molar-refractivity contribution in [2.45, 2.75) is 61.9 Å². The van der Waals surface area contributed by atoms with E-state index < -0.39 is 10.0 Å². The van der Waals surface area contributed by atoms with Crippen LogP contribution in [0.1, 0.15) is 55.3 Å². The van der Waals surface area contributed by atoms with E-state index in [2.05, 4.69) is 0 Å². The Hall–Kier alpha value is -1.11. The van der Waals surface area contributed by atoms with Gasteiger partial charge >= 0.3 is 0 Å². The second-order valence-corrected chi connectivity index (χ2v) is 9.70. The summed E-state index contributed by atoms with van der Waals surface area (Å²) < 4.78 is 26.0. The Kier molecular flexibility index (Phi) is 5.42. The van der Waals surface area contributed by atoms with Crippen molar-refractivity contribution in [3.05, 3.63) is 28.8 Å².